The van der Waals surface area contributed by atoms with Crippen LogP contribution in [0.2, 0.25) is 0 Å². The fourth-order valence-electron chi connectivity index (χ4n) is 2.91. The van der Waals surface area contributed by atoms with Gasteiger partial charge in [0.1, 0.15) is 0 Å². The molecule has 0 aromatic carbocycles. The smallest absolute Gasteiger partial charge is 0.211 e. The lowest BCUT2D eigenvalue weighted by molar-refractivity contribution is 0.0132. The summed E-state index contributed by atoms with van der Waals surface area (Å²) in [6, 6.07) is 0.453. The monoisotopic (exact) mass is 519 g/mol. The molecule has 1 fully saturated rings. The third-order valence-electron chi connectivity index (χ3n) is 4.38. The Balaban J connectivity index is 0.00000676. The molecule has 0 amide bonds. The SMILES string of the molecule is CCS(=O)(=O)NCCCNC(=NC)NCC(CC(C)C)N1CCOCC1.I. The summed E-state index contributed by atoms with van der Waals surface area (Å²) < 4.78 is 30.8. The second kappa shape index (κ2) is 14.8. The summed E-state index contributed by atoms with van der Waals surface area (Å²) in [5.41, 5.74) is 0. The maximum atomic E-state index is 11.4. The predicted octanol–water partition coefficient (Wildman–Crippen LogP) is 0.846. The van der Waals surface area contributed by atoms with E-state index in [0.29, 0.717) is 31.5 Å². The molecule has 0 radical (unpaired) electrons. The molecule has 0 bridgehead atoms. The van der Waals surface area contributed by atoms with Crippen molar-refractivity contribution < 1.29 is 13.2 Å². The van der Waals surface area contributed by atoms with Crippen LogP contribution in [0.5, 0.6) is 0 Å². The summed E-state index contributed by atoms with van der Waals surface area (Å²) in [4.78, 5) is 6.75. The molecule has 1 heterocycles. The van der Waals surface area contributed by atoms with Crippen LogP contribution in [-0.2, 0) is 14.8 Å². The van der Waals surface area contributed by atoms with Crippen molar-refractivity contribution in [2.24, 2.45) is 10.9 Å². The summed E-state index contributed by atoms with van der Waals surface area (Å²) in [5, 5.41) is 6.65. The number of sulfonamides is 1. The summed E-state index contributed by atoms with van der Waals surface area (Å²) in [5.74, 6) is 1.50. The predicted molar refractivity (Wildman–Crippen MR) is 122 cm³/mol. The highest BCUT2D eigenvalue weighted by Gasteiger charge is 2.22. The van der Waals surface area contributed by atoms with Gasteiger partial charge in [0.2, 0.25) is 10.0 Å². The first-order chi connectivity index (χ1) is 12.4. The van der Waals surface area contributed by atoms with Gasteiger partial charge >= 0.3 is 0 Å². The fourth-order valence-corrected chi connectivity index (χ4v) is 3.57. The molecule has 10 heteroatoms. The minimum atomic E-state index is -3.11. The zero-order chi connectivity index (χ0) is 19.4. The van der Waals surface area contributed by atoms with Gasteiger partial charge in [0.05, 0.1) is 19.0 Å². The minimum Gasteiger partial charge on any atom is -0.379 e. The van der Waals surface area contributed by atoms with E-state index in [2.05, 4.69) is 39.1 Å². The maximum Gasteiger partial charge on any atom is 0.211 e. The van der Waals surface area contributed by atoms with Crippen molar-refractivity contribution in [3.63, 3.8) is 0 Å². The number of nitrogens with zero attached hydrogens (tertiary/aromatic N) is 2. The molecule has 1 rings (SSSR count). The quantitative estimate of drug-likeness (QED) is 0.162. The number of guanidine groups is 1. The Labute approximate surface area is 182 Å². The number of ether oxygens (including phenoxy) is 1. The molecule has 0 aromatic heterocycles. The summed E-state index contributed by atoms with van der Waals surface area (Å²) in [7, 11) is -1.36. The Hall–Kier alpha value is -0.170. The number of hydrogen-bond donors (Lipinski definition) is 3. The highest BCUT2D eigenvalue weighted by atomic mass is 127. The summed E-state index contributed by atoms with van der Waals surface area (Å²) in [6.07, 6.45) is 1.83. The number of hydrogen-bond acceptors (Lipinski definition) is 5. The minimum absolute atomic E-state index is 0. The molecule has 3 N–H and O–H groups in total. The van der Waals surface area contributed by atoms with Crippen LogP contribution in [0.25, 0.3) is 0 Å². The van der Waals surface area contributed by atoms with E-state index in [0.717, 1.165) is 45.2 Å². The van der Waals surface area contributed by atoms with Crippen LogP contribution in [0.15, 0.2) is 4.99 Å². The molecule has 8 nitrogen and oxygen atoms in total. The first-order valence-electron chi connectivity index (χ1n) is 9.61. The molecule has 1 aliphatic heterocycles. The standard InChI is InChI=1S/C17H37N5O3S.HI/c1-5-26(23,24)21-8-6-7-19-17(18-4)20-14-16(13-15(2)3)22-9-11-25-12-10-22;/h15-16,21H,5-14H2,1-4H3,(H2,18,19,20);1H. The van der Waals surface area contributed by atoms with Crippen molar-refractivity contribution in [3.05, 3.63) is 0 Å². The van der Waals surface area contributed by atoms with Crippen LogP contribution in [0.1, 0.15) is 33.6 Å². The zero-order valence-corrected chi connectivity index (χ0v) is 20.3. The third kappa shape index (κ3) is 12.1. The fraction of sp³-hybridized carbons (Fsp3) is 0.941. The molecule has 1 aliphatic rings. The van der Waals surface area contributed by atoms with E-state index >= 15 is 0 Å². The topological polar surface area (TPSA) is 95.1 Å². The Bertz CT molecular complexity index is 511. The Kier molecular flexibility index (Phi) is 14.7. The number of nitrogens with one attached hydrogen (secondary N) is 3. The van der Waals surface area contributed by atoms with Gasteiger partial charge in [-0.05, 0) is 25.7 Å². The van der Waals surface area contributed by atoms with Crippen molar-refractivity contribution in [3.8, 4) is 0 Å². The number of halogens is 1. The molecule has 1 unspecified atom stereocenters. The largest absolute Gasteiger partial charge is 0.379 e. The molecule has 0 aromatic rings. The van der Waals surface area contributed by atoms with Crippen LogP contribution in [0.3, 0.4) is 0 Å². The first kappa shape index (κ1) is 26.8. The number of aliphatic imine (C=N–C) groups is 1. The van der Waals surface area contributed by atoms with Crippen molar-refractivity contribution in [2.45, 2.75) is 39.7 Å². The van der Waals surface area contributed by atoms with Gasteiger partial charge in [-0.3, -0.25) is 9.89 Å². The lowest BCUT2D eigenvalue weighted by Gasteiger charge is -2.35. The molecule has 27 heavy (non-hydrogen) atoms. The molecule has 1 atom stereocenters. The van der Waals surface area contributed by atoms with Gasteiger partial charge < -0.3 is 15.4 Å². The lowest BCUT2D eigenvalue weighted by atomic mass is 10.0. The van der Waals surface area contributed by atoms with E-state index in [1.807, 2.05) is 0 Å². The van der Waals surface area contributed by atoms with E-state index in [4.69, 9.17) is 4.74 Å². The van der Waals surface area contributed by atoms with E-state index in [-0.39, 0.29) is 29.7 Å². The average molecular weight is 519 g/mol. The molecule has 1 saturated heterocycles. The van der Waals surface area contributed by atoms with Crippen molar-refractivity contribution >= 4 is 40.0 Å². The van der Waals surface area contributed by atoms with E-state index in [1.54, 1.807) is 14.0 Å². The Morgan fingerprint density at radius 1 is 1.19 bits per heavy atom. The second-order valence-electron chi connectivity index (χ2n) is 6.96. The first-order valence-corrected chi connectivity index (χ1v) is 11.3. The van der Waals surface area contributed by atoms with E-state index < -0.39 is 10.0 Å². The second-order valence-corrected chi connectivity index (χ2v) is 9.06. The number of morpholine rings is 1. The van der Waals surface area contributed by atoms with Crippen LogP contribution in [0, 0.1) is 5.92 Å². The van der Waals surface area contributed by atoms with Gasteiger partial charge in [-0.25, -0.2) is 13.1 Å². The zero-order valence-electron chi connectivity index (χ0n) is 17.2. The average Bonchev–Trinajstić information content (AvgIpc) is 2.63. The van der Waals surface area contributed by atoms with E-state index in [9.17, 15) is 8.42 Å². The van der Waals surface area contributed by atoms with Crippen molar-refractivity contribution in [1.29, 1.82) is 0 Å². The van der Waals surface area contributed by atoms with Gasteiger partial charge in [0, 0.05) is 45.8 Å². The molecule has 162 valence electrons. The third-order valence-corrected chi connectivity index (χ3v) is 5.79. The molecule has 0 saturated carbocycles. The Morgan fingerprint density at radius 2 is 1.85 bits per heavy atom. The molecule has 0 aliphatic carbocycles. The van der Waals surface area contributed by atoms with Gasteiger partial charge in [-0.1, -0.05) is 13.8 Å². The van der Waals surface area contributed by atoms with Crippen LogP contribution in [-0.4, -0.2) is 84.1 Å². The lowest BCUT2D eigenvalue weighted by Crippen LogP contribution is -2.51. The highest BCUT2D eigenvalue weighted by molar-refractivity contribution is 14.0. The van der Waals surface area contributed by atoms with Crippen LogP contribution in [0.4, 0.5) is 0 Å². The summed E-state index contributed by atoms with van der Waals surface area (Å²) in [6.45, 7) is 11.6. The molecular formula is C17H38IN5O3S. The van der Waals surface area contributed by atoms with Crippen molar-refractivity contribution in [2.75, 3.05) is 58.7 Å². The van der Waals surface area contributed by atoms with Gasteiger partial charge in [-0.2, -0.15) is 0 Å². The Morgan fingerprint density at radius 3 is 2.41 bits per heavy atom. The van der Waals surface area contributed by atoms with Gasteiger partial charge in [-0.15, -0.1) is 24.0 Å². The highest BCUT2D eigenvalue weighted by Crippen LogP contribution is 2.12. The van der Waals surface area contributed by atoms with Gasteiger partial charge in [0.25, 0.3) is 0 Å². The van der Waals surface area contributed by atoms with Gasteiger partial charge in [0.15, 0.2) is 5.96 Å². The maximum absolute atomic E-state index is 11.4. The summed E-state index contributed by atoms with van der Waals surface area (Å²) >= 11 is 0. The molecular weight excluding hydrogens is 481 g/mol. The normalized spacial score (nSPS) is 17.4. The van der Waals surface area contributed by atoms with Crippen LogP contribution < -0.4 is 15.4 Å². The molecule has 0 spiro atoms. The van der Waals surface area contributed by atoms with Crippen LogP contribution >= 0.6 is 24.0 Å². The van der Waals surface area contributed by atoms with E-state index in [1.165, 1.54) is 0 Å². The number of rotatable bonds is 11. The van der Waals surface area contributed by atoms with Crippen molar-refractivity contribution in [1.82, 2.24) is 20.3 Å².